The molecule has 0 radical (unpaired) electrons. The quantitative estimate of drug-likeness (QED) is 0.537. The van der Waals surface area contributed by atoms with E-state index >= 15 is 0 Å². The van der Waals surface area contributed by atoms with E-state index in [1.165, 1.54) is 0 Å². The Labute approximate surface area is 151 Å². The summed E-state index contributed by atoms with van der Waals surface area (Å²) in [6.07, 6.45) is 1.80. The van der Waals surface area contributed by atoms with E-state index in [0.29, 0.717) is 15.7 Å². The predicted molar refractivity (Wildman–Crippen MR) is 101 cm³/mol. The van der Waals surface area contributed by atoms with Gasteiger partial charge in [-0.1, -0.05) is 23.2 Å². The number of methoxy groups -OCH3 is 1. The fourth-order valence-electron chi connectivity index (χ4n) is 2.47. The minimum absolute atomic E-state index is 0.526. The van der Waals surface area contributed by atoms with E-state index in [9.17, 15) is 0 Å². The maximum Gasteiger partial charge on any atom is 0.119 e. The van der Waals surface area contributed by atoms with Crippen LogP contribution >= 0.6 is 23.2 Å². The molecule has 0 N–H and O–H groups in total. The maximum atomic E-state index is 6.17. The molecule has 122 valence electrons. The summed E-state index contributed by atoms with van der Waals surface area (Å²) in [7, 11) is 1.66. The van der Waals surface area contributed by atoms with Crippen molar-refractivity contribution in [2.24, 2.45) is 4.99 Å². The number of halogens is 2. The molecule has 0 spiro atoms. The standard InChI is InChI=1S/C19H16Cl2N2O/c1-13-3-5-16(12-22-19-10-4-14(20)11-18(19)21)23(13)15-6-8-17(24-2)9-7-15/h3-12H,1-2H3. The lowest BCUT2D eigenvalue weighted by Gasteiger charge is -2.10. The summed E-state index contributed by atoms with van der Waals surface area (Å²) in [5.74, 6) is 0.826. The van der Waals surface area contributed by atoms with E-state index in [1.807, 2.05) is 30.3 Å². The summed E-state index contributed by atoms with van der Waals surface area (Å²) in [4.78, 5) is 4.49. The highest BCUT2D eigenvalue weighted by Crippen LogP contribution is 2.28. The summed E-state index contributed by atoms with van der Waals surface area (Å²) in [6, 6.07) is 17.2. The van der Waals surface area contributed by atoms with Crippen LogP contribution in [0.1, 0.15) is 11.4 Å². The van der Waals surface area contributed by atoms with Crippen LogP contribution in [0.25, 0.3) is 5.69 Å². The Morgan fingerprint density at radius 3 is 2.42 bits per heavy atom. The van der Waals surface area contributed by atoms with Crippen molar-refractivity contribution in [3.63, 3.8) is 0 Å². The van der Waals surface area contributed by atoms with Crippen LogP contribution in [0.2, 0.25) is 10.0 Å². The number of aromatic nitrogens is 1. The Hall–Kier alpha value is -2.23. The molecule has 0 saturated heterocycles. The lowest BCUT2D eigenvalue weighted by atomic mass is 10.3. The van der Waals surface area contributed by atoms with E-state index in [2.05, 4.69) is 22.5 Å². The second kappa shape index (κ2) is 7.12. The van der Waals surface area contributed by atoms with Crippen molar-refractivity contribution in [3.8, 4) is 11.4 Å². The lowest BCUT2D eigenvalue weighted by molar-refractivity contribution is 0.414. The molecule has 5 heteroatoms. The van der Waals surface area contributed by atoms with E-state index in [-0.39, 0.29) is 0 Å². The topological polar surface area (TPSA) is 26.5 Å². The van der Waals surface area contributed by atoms with Gasteiger partial charge in [-0.05, 0) is 61.5 Å². The van der Waals surface area contributed by atoms with Gasteiger partial charge in [-0.2, -0.15) is 0 Å². The van der Waals surface area contributed by atoms with Gasteiger partial charge < -0.3 is 9.30 Å². The van der Waals surface area contributed by atoms with Gasteiger partial charge in [0, 0.05) is 16.4 Å². The van der Waals surface area contributed by atoms with Gasteiger partial charge in [-0.25, -0.2) is 0 Å². The number of aliphatic imine (C=N–C) groups is 1. The number of rotatable bonds is 4. The van der Waals surface area contributed by atoms with Crippen LogP contribution in [0.5, 0.6) is 5.75 Å². The number of benzene rings is 2. The molecule has 3 aromatic rings. The summed E-state index contributed by atoms with van der Waals surface area (Å²) in [5, 5.41) is 1.12. The Kier molecular flexibility index (Phi) is 4.93. The van der Waals surface area contributed by atoms with Crippen LogP contribution in [0.15, 0.2) is 59.6 Å². The maximum absolute atomic E-state index is 6.17. The second-order valence-corrected chi connectivity index (χ2v) is 6.13. The minimum atomic E-state index is 0.526. The highest BCUT2D eigenvalue weighted by Gasteiger charge is 2.06. The lowest BCUT2D eigenvalue weighted by Crippen LogP contribution is -2.01. The van der Waals surface area contributed by atoms with Crippen LogP contribution in [0.4, 0.5) is 5.69 Å². The fourth-order valence-corrected chi connectivity index (χ4v) is 2.92. The Balaban J connectivity index is 1.96. The Morgan fingerprint density at radius 2 is 1.75 bits per heavy atom. The summed E-state index contributed by atoms with van der Waals surface area (Å²) in [6.45, 7) is 2.05. The number of hydrogen-bond donors (Lipinski definition) is 0. The molecule has 0 aliphatic carbocycles. The van der Waals surface area contributed by atoms with Crippen LogP contribution in [-0.2, 0) is 0 Å². The van der Waals surface area contributed by atoms with Crippen LogP contribution in [0, 0.1) is 6.92 Å². The molecule has 0 bridgehead atoms. The van der Waals surface area contributed by atoms with Crippen molar-refractivity contribution in [1.29, 1.82) is 0 Å². The van der Waals surface area contributed by atoms with Gasteiger partial charge in [-0.3, -0.25) is 4.99 Å². The van der Waals surface area contributed by atoms with Crippen molar-refractivity contribution in [3.05, 3.63) is 76.0 Å². The molecule has 1 aromatic heterocycles. The SMILES string of the molecule is COc1ccc(-n2c(C)ccc2C=Nc2ccc(Cl)cc2Cl)cc1. The smallest absolute Gasteiger partial charge is 0.119 e. The van der Waals surface area contributed by atoms with Crippen LogP contribution in [-0.4, -0.2) is 17.9 Å². The highest BCUT2D eigenvalue weighted by molar-refractivity contribution is 6.36. The van der Waals surface area contributed by atoms with E-state index < -0.39 is 0 Å². The Bertz CT molecular complexity index is 883. The highest BCUT2D eigenvalue weighted by atomic mass is 35.5. The van der Waals surface area contributed by atoms with Gasteiger partial charge in [0.1, 0.15) is 5.75 Å². The minimum Gasteiger partial charge on any atom is -0.497 e. The van der Waals surface area contributed by atoms with E-state index in [4.69, 9.17) is 27.9 Å². The molecule has 24 heavy (non-hydrogen) atoms. The molecular weight excluding hydrogens is 343 g/mol. The molecule has 0 amide bonds. The average molecular weight is 359 g/mol. The third kappa shape index (κ3) is 3.48. The van der Waals surface area contributed by atoms with Gasteiger partial charge >= 0.3 is 0 Å². The molecule has 0 aliphatic rings. The largest absolute Gasteiger partial charge is 0.497 e. The van der Waals surface area contributed by atoms with Gasteiger partial charge in [0.2, 0.25) is 0 Å². The second-order valence-electron chi connectivity index (χ2n) is 5.29. The van der Waals surface area contributed by atoms with Gasteiger partial charge in [-0.15, -0.1) is 0 Å². The van der Waals surface area contributed by atoms with E-state index in [0.717, 1.165) is 22.8 Å². The number of nitrogens with zero attached hydrogens (tertiary/aromatic N) is 2. The van der Waals surface area contributed by atoms with Gasteiger partial charge in [0.15, 0.2) is 0 Å². The molecule has 0 fully saturated rings. The molecule has 0 atom stereocenters. The monoisotopic (exact) mass is 358 g/mol. The van der Waals surface area contributed by atoms with Crippen molar-refractivity contribution < 1.29 is 4.74 Å². The van der Waals surface area contributed by atoms with Crippen molar-refractivity contribution in [1.82, 2.24) is 4.57 Å². The molecule has 0 saturated carbocycles. The third-order valence-corrected chi connectivity index (χ3v) is 4.22. The molecule has 0 unspecified atom stereocenters. The molecule has 3 nitrogen and oxygen atoms in total. The number of hydrogen-bond acceptors (Lipinski definition) is 2. The van der Waals surface area contributed by atoms with Crippen molar-refractivity contribution in [2.45, 2.75) is 6.92 Å². The van der Waals surface area contributed by atoms with Crippen molar-refractivity contribution >= 4 is 35.1 Å². The zero-order chi connectivity index (χ0) is 17.1. The van der Waals surface area contributed by atoms with Crippen molar-refractivity contribution in [2.75, 3.05) is 7.11 Å². The third-order valence-electron chi connectivity index (χ3n) is 3.68. The molecule has 2 aromatic carbocycles. The summed E-state index contributed by atoms with van der Waals surface area (Å²) in [5.41, 5.74) is 3.80. The first-order valence-electron chi connectivity index (χ1n) is 7.40. The fraction of sp³-hybridized carbons (Fsp3) is 0.105. The zero-order valence-electron chi connectivity index (χ0n) is 13.3. The zero-order valence-corrected chi connectivity index (χ0v) is 14.8. The van der Waals surface area contributed by atoms with Crippen LogP contribution in [0.3, 0.4) is 0 Å². The summed E-state index contributed by atoms with van der Waals surface area (Å²) < 4.78 is 7.33. The first kappa shape index (κ1) is 16.6. The molecule has 3 rings (SSSR count). The first-order chi connectivity index (χ1) is 11.6. The first-order valence-corrected chi connectivity index (χ1v) is 8.16. The number of aryl methyl sites for hydroxylation is 1. The molecule has 1 heterocycles. The predicted octanol–water partition coefficient (Wildman–Crippen LogP) is 5.85. The van der Waals surface area contributed by atoms with Gasteiger partial charge in [0.05, 0.1) is 29.7 Å². The molecular formula is C19H16Cl2N2O. The number of ether oxygens (including phenoxy) is 1. The van der Waals surface area contributed by atoms with Gasteiger partial charge in [0.25, 0.3) is 0 Å². The van der Waals surface area contributed by atoms with E-state index in [1.54, 1.807) is 31.5 Å². The Morgan fingerprint density at radius 1 is 1.00 bits per heavy atom. The molecule has 0 aliphatic heterocycles. The normalized spacial score (nSPS) is 11.2. The van der Waals surface area contributed by atoms with Crippen LogP contribution < -0.4 is 4.74 Å². The summed E-state index contributed by atoms with van der Waals surface area (Å²) >= 11 is 12.1. The average Bonchev–Trinajstić information content (AvgIpc) is 2.95.